The number of nitrogens with zero attached hydrogens (tertiary/aromatic N) is 2. The van der Waals surface area contributed by atoms with Crippen molar-refractivity contribution in [1.29, 1.82) is 0 Å². The van der Waals surface area contributed by atoms with Gasteiger partial charge in [0.05, 0.1) is 16.7 Å². The molecule has 0 bridgehead atoms. The van der Waals surface area contributed by atoms with E-state index in [-0.39, 0.29) is 11.9 Å². The minimum absolute atomic E-state index is 0.111. The van der Waals surface area contributed by atoms with Crippen LogP contribution >= 0.6 is 11.6 Å². The van der Waals surface area contributed by atoms with Crippen LogP contribution in [-0.4, -0.2) is 28.0 Å². The lowest BCUT2D eigenvalue weighted by Crippen LogP contribution is -2.21. The van der Waals surface area contributed by atoms with Crippen LogP contribution < -0.4 is 0 Å². The minimum Gasteiger partial charge on any atom is -0.508 e. The third kappa shape index (κ3) is 2.94. The van der Waals surface area contributed by atoms with Gasteiger partial charge in [0.1, 0.15) is 5.75 Å². The van der Waals surface area contributed by atoms with Crippen LogP contribution in [0.15, 0.2) is 22.7 Å². The smallest absolute Gasteiger partial charge is 0.259 e. The van der Waals surface area contributed by atoms with E-state index in [4.69, 9.17) is 20.9 Å². The fourth-order valence-electron chi connectivity index (χ4n) is 2.30. The summed E-state index contributed by atoms with van der Waals surface area (Å²) >= 11 is 6.07. The summed E-state index contributed by atoms with van der Waals surface area (Å²) in [6, 6.07) is 4.62. The molecule has 6 heteroatoms. The van der Waals surface area contributed by atoms with Gasteiger partial charge < -0.3 is 14.4 Å². The Labute approximate surface area is 121 Å². The van der Waals surface area contributed by atoms with Gasteiger partial charge in [-0.15, -0.1) is 0 Å². The van der Waals surface area contributed by atoms with E-state index in [1.54, 1.807) is 6.07 Å². The summed E-state index contributed by atoms with van der Waals surface area (Å²) in [5.41, 5.74) is 0.537. The van der Waals surface area contributed by atoms with Crippen LogP contribution in [0.1, 0.15) is 25.1 Å². The Kier molecular flexibility index (Phi) is 3.89. The first kappa shape index (κ1) is 13.4. The average Bonchev–Trinajstić information content (AvgIpc) is 2.91. The van der Waals surface area contributed by atoms with Gasteiger partial charge in [-0.05, 0) is 37.5 Å². The van der Waals surface area contributed by atoms with Crippen LogP contribution in [0.2, 0.25) is 5.02 Å². The van der Waals surface area contributed by atoms with Crippen molar-refractivity contribution in [2.45, 2.75) is 31.8 Å². The zero-order valence-corrected chi connectivity index (χ0v) is 11.6. The minimum atomic E-state index is 0.111. The Morgan fingerprint density at radius 1 is 1.35 bits per heavy atom. The van der Waals surface area contributed by atoms with Gasteiger partial charge in [-0.25, -0.2) is 0 Å². The van der Waals surface area contributed by atoms with E-state index in [0.717, 1.165) is 19.4 Å². The van der Waals surface area contributed by atoms with Crippen molar-refractivity contribution < 1.29 is 14.4 Å². The maximum absolute atomic E-state index is 9.50. The highest BCUT2D eigenvalue weighted by Gasteiger charge is 2.19. The number of benzene rings is 1. The number of phenols is 1. The Bertz CT molecular complexity index is 594. The van der Waals surface area contributed by atoms with E-state index in [0.29, 0.717) is 28.7 Å². The SMILES string of the molecule is Oc1ccc(Cl)c(-c2nc(CC3CCCCO3)no2)c1. The van der Waals surface area contributed by atoms with Crippen molar-refractivity contribution in [2.75, 3.05) is 6.61 Å². The number of hydrogen-bond donors (Lipinski definition) is 1. The van der Waals surface area contributed by atoms with E-state index >= 15 is 0 Å². The lowest BCUT2D eigenvalue weighted by atomic mass is 10.1. The molecule has 5 nitrogen and oxygen atoms in total. The third-order valence-electron chi connectivity index (χ3n) is 3.33. The molecule has 0 amide bonds. The molecule has 0 aliphatic carbocycles. The maximum Gasteiger partial charge on any atom is 0.259 e. The molecule has 20 heavy (non-hydrogen) atoms. The number of ether oxygens (including phenoxy) is 1. The molecule has 1 aliphatic heterocycles. The average molecular weight is 295 g/mol. The van der Waals surface area contributed by atoms with Crippen molar-refractivity contribution in [3.8, 4) is 17.2 Å². The molecule has 0 spiro atoms. The molecular formula is C14H15ClN2O3. The highest BCUT2D eigenvalue weighted by Crippen LogP contribution is 2.30. The Morgan fingerprint density at radius 3 is 3.05 bits per heavy atom. The van der Waals surface area contributed by atoms with Crippen molar-refractivity contribution in [2.24, 2.45) is 0 Å². The molecule has 106 valence electrons. The summed E-state index contributed by atoms with van der Waals surface area (Å²) in [7, 11) is 0. The van der Waals surface area contributed by atoms with E-state index in [1.807, 2.05) is 0 Å². The van der Waals surface area contributed by atoms with E-state index in [9.17, 15) is 5.11 Å². The van der Waals surface area contributed by atoms with Gasteiger partial charge in [-0.1, -0.05) is 16.8 Å². The number of halogens is 1. The molecule has 0 saturated carbocycles. The fourth-order valence-corrected chi connectivity index (χ4v) is 2.49. The highest BCUT2D eigenvalue weighted by molar-refractivity contribution is 6.33. The second kappa shape index (κ2) is 5.81. The molecule has 1 fully saturated rings. The molecule has 2 aromatic rings. The maximum atomic E-state index is 9.50. The normalized spacial score (nSPS) is 19.1. The first-order chi connectivity index (χ1) is 9.72. The van der Waals surface area contributed by atoms with Gasteiger partial charge >= 0.3 is 0 Å². The van der Waals surface area contributed by atoms with Crippen molar-refractivity contribution >= 4 is 11.6 Å². The first-order valence-electron chi connectivity index (χ1n) is 6.65. The molecule has 0 radical (unpaired) electrons. The van der Waals surface area contributed by atoms with Crippen LogP contribution in [-0.2, 0) is 11.2 Å². The molecule has 1 aromatic heterocycles. The number of aromatic nitrogens is 2. The lowest BCUT2D eigenvalue weighted by Gasteiger charge is -2.20. The highest BCUT2D eigenvalue weighted by atomic mass is 35.5. The lowest BCUT2D eigenvalue weighted by molar-refractivity contribution is 0.0153. The van der Waals surface area contributed by atoms with Gasteiger partial charge in [-0.2, -0.15) is 4.98 Å². The van der Waals surface area contributed by atoms with E-state index in [2.05, 4.69) is 10.1 Å². The molecule has 2 heterocycles. The molecule has 3 rings (SSSR count). The summed E-state index contributed by atoms with van der Waals surface area (Å²) in [5.74, 6) is 1.03. The molecule has 1 saturated heterocycles. The summed E-state index contributed by atoms with van der Waals surface area (Å²) in [6.07, 6.45) is 4.12. The molecule has 1 N–H and O–H groups in total. The van der Waals surface area contributed by atoms with Gasteiger partial charge in [0.15, 0.2) is 5.82 Å². The molecular weight excluding hydrogens is 280 g/mol. The zero-order chi connectivity index (χ0) is 13.9. The fraction of sp³-hybridized carbons (Fsp3) is 0.429. The van der Waals surface area contributed by atoms with Crippen LogP contribution in [0.3, 0.4) is 0 Å². The van der Waals surface area contributed by atoms with E-state index < -0.39 is 0 Å². The van der Waals surface area contributed by atoms with Gasteiger partial charge in [0.2, 0.25) is 0 Å². The Balaban J connectivity index is 1.77. The van der Waals surface area contributed by atoms with Gasteiger partial charge in [0.25, 0.3) is 5.89 Å². The number of phenolic OH excluding ortho intramolecular Hbond substituents is 1. The monoisotopic (exact) mass is 294 g/mol. The number of rotatable bonds is 3. The Morgan fingerprint density at radius 2 is 2.25 bits per heavy atom. The van der Waals surface area contributed by atoms with Crippen molar-refractivity contribution in [3.63, 3.8) is 0 Å². The van der Waals surface area contributed by atoms with Crippen LogP contribution in [0.25, 0.3) is 11.5 Å². The second-order valence-corrected chi connectivity index (χ2v) is 5.28. The quantitative estimate of drug-likeness (QED) is 0.941. The predicted octanol–water partition coefficient (Wildman–Crippen LogP) is 3.21. The largest absolute Gasteiger partial charge is 0.508 e. The predicted molar refractivity (Wildman–Crippen MR) is 73.7 cm³/mol. The Hall–Kier alpha value is -1.59. The zero-order valence-electron chi connectivity index (χ0n) is 10.9. The van der Waals surface area contributed by atoms with Crippen LogP contribution in [0.5, 0.6) is 5.75 Å². The second-order valence-electron chi connectivity index (χ2n) is 4.87. The van der Waals surface area contributed by atoms with Crippen LogP contribution in [0, 0.1) is 0 Å². The van der Waals surface area contributed by atoms with Crippen molar-refractivity contribution in [3.05, 3.63) is 29.0 Å². The summed E-state index contributed by atoms with van der Waals surface area (Å²) < 4.78 is 10.9. The number of aromatic hydroxyl groups is 1. The van der Waals surface area contributed by atoms with Crippen molar-refractivity contribution in [1.82, 2.24) is 10.1 Å². The topological polar surface area (TPSA) is 68.4 Å². The van der Waals surface area contributed by atoms with Crippen LogP contribution in [0.4, 0.5) is 0 Å². The molecule has 1 unspecified atom stereocenters. The van der Waals surface area contributed by atoms with E-state index in [1.165, 1.54) is 18.6 Å². The molecule has 1 atom stereocenters. The molecule has 1 aromatic carbocycles. The standard InChI is InChI=1S/C14H15ClN2O3/c15-12-5-4-9(18)7-11(12)14-16-13(17-20-14)8-10-3-1-2-6-19-10/h4-5,7,10,18H,1-3,6,8H2. The summed E-state index contributed by atoms with van der Waals surface area (Å²) in [6.45, 7) is 0.799. The molecule has 1 aliphatic rings. The summed E-state index contributed by atoms with van der Waals surface area (Å²) in [5, 5.41) is 13.9. The number of hydrogen-bond acceptors (Lipinski definition) is 5. The first-order valence-corrected chi connectivity index (χ1v) is 7.03. The third-order valence-corrected chi connectivity index (χ3v) is 3.66. The summed E-state index contributed by atoms with van der Waals surface area (Å²) in [4.78, 5) is 4.32. The van der Waals surface area contributed by atoms with Gasteiger partial charge in [0, 0.05) is 13.0 Å². The van der Waals surface area contributed by atoms with Gasteiger partial charge in [-0.3, -0.25) is 0 Å².